The van der Waals surface area contributed by atoms with Crippen LogP contribution in [-0.2, 0) is 14.3 Å². The first-order chi connectivity index (χ1) is 18.9. The lowest BCUT2D eigenvalue weighted by Gasteiger charge is -2.64. The highest BCUT2D eigenvalue weighted by Crippen LogP contribution is 2.89. The van der Waals surface area contributed by atoms with E-state index in [9.17, 15) is 20.1 Å². The SMILES string of the molecule is CC(C)C(N)C(=O)O[C@H]1CC[C@]23CC24CC[C@]2(C)[C@@H](C5CC[C@@H](C(C)(C)O)O5)[C@@H](O)C[C@@]2(C)C4C[C@H](O)[C@H]3C1(C)C. The maximum absolute atomic E-state index is 12.9. The Morgan fingerprint density at radius 3 is 2.27 bits per heavy atom. The Hall–Kier alpha value is -0.730. The third-order valence-corrected chi connectivity index (χ3v) is 14.5. The van der Waals surface area contributed by atoms with Crippen LogP contribution in [0.2, 0.25) is 0 Å². The summed E-state index contributed by atoms with van der Waals surface area (Å²) in [6.07, 6.45) is 6.89. The van der Waals surface area contributed by atoms with Crippen LogP contribution >= 0.6 is 0 Å². The molecule has 7 nitrogen and oxygen atoms in total. The van der Waals surface area contributed by atoms with E-state index >= 15 is 0 Å². The molecule has 0 aromatic carbocycles. The summed E-state index contributed by atoms with van der Waals surface area (Å²) in [6.45, 7) is 16.7. The number of carbonyl (C=O) groups excluding carboxylic acids is 1. The second kappa shape index (κ2) is 9.15. The average Bonchev–Trinajstić information content (AvgIpc) is 3.12. The number of hydrogen-bond acceptors (Lipinski definition) is 7. The number of aliphatic hydroxyl groups excluding tert-OH is 2. The fraction of sp³-hybridized carbons (Fsp3) is 0.971. The summed E-state index contributed by atoms with van der Waals surface area (Å²) < 4.78 is 12.6. The molecule has 6 aliphatic rings. The van der Waals surface area contributed by atoms with E-state index in [0.29, 0.717) is 5.92 Å². The maximum atomic E-state index is 12.9. The van der Waals surface area contributed by atoms with Gasteiger partial charge in [0.1, 0.15) is 12.1 Å². The van der Waals surface area contributed by atoms with Crippen LogP contribution in [0.4, 0.5) is 0 Å². The monoisotopic (exact) mass is 575 g/mol. The highest BCUT2D eigenvalue weighted by atomic mass is 16.5. The number of fused-ring (bicyclic) bond motifs is 2. The van der Waals surface area contributed by atoms with E-state index in [1.54, 1.807) is 0 Å². The summed E-state index contributed by atoms with van der Waals surface area (Å²) in [5.41, 5.74) is 4.96. The van der Waals surface area contributed by atoms with Crippen LogP contribution in [0, 0.1) is 50.7 Å². The normalized spacial score (nSPS) is 52.7. The summed E-state index contributed by atoms with van der Waals surface area (Å²) >= 11 is 0. The molecule has 7 heteroatoms. The van der Waals surface area contributed by atoms with Gasteiger partial charge in [-0.15, -0.1) is 0 Å². The lowest BCUT2D eigenvalue weighted by molar-refractivity contribution is -0.211. The second-order valence-corrected chi connectivity index (χ2v) is 17.4. The molecule has 6 rings (SSSR count). The highest BCUT2D eigenvalue weighted by molar-refractivity contribution is 5.76. The van der Waals surface area contributed by atoms with Crippen LogP contribution in [0.5, 0.6) is 0 Å². The Bertz CT molecular complexity index is 1070. The minimum atomic E-state index is -0.887. The van der Waals surface area contributed by atoms with Crippen molar-refractivity contribution in [2.24, 2.45) is 56.5 Å². The maximum Gasteiger partial charge on any atom is 0.323 e. The van der Waals surface area contributed by atoms with Gasteiger partial charge >= 0.3 is 5.97 Å². The van der Waals surface area contributed by atoms with Gasteiger partial charge in [-0.1, -0.05) is 41.5 Å². The molecule has 0 aromatic rings. The quantitative estimate of drug-likeness (QED) is 0.354. The minimum absolute atomic E-state index is 0.0202. The second-order valence-electron chi connectivity index (χ2n) is 17.4. The van der Waals surface area contributed by atoms with Crippen LogP contribution in [0.3, 0.4) is 0 Å². The Balaban J connectivity index is 1.27. The lowest BCUT2D eigenvalue weighted by atomic mass is 9.41. The largest absolute Gasteiger partial charge is 0.461 e. The fourth-order valence-electron chi connectivity index (χ4n) is 12.3. The van der Waals surface area contributed by atoms with Gasteiger partial charge in [-0.2, -0.15) is 0 Å². The molecule has 5 saturated carbocycles. The zero-order valence-corrected chi connectivity index (χ0v) is 26.8. The Kier molecular flexibility index (Phi) is 6.76. The van der Waals surface area contributed by atoms with Crippen molar-refractivity contribution in [1.29, 1.82) is 0 Å². The van der Waals surface area contributed by atoms with Gasteiger partial charge in [0.15, 0.2) is 0 Å². The van der Waals surface area contributed by atoms with E-state index in [1.807, 2.05) is 27.7 Å². The van der Waals surface area contributed by atoms with Crippen LogP contribution in [-0.4, -0.2) is 63.5 Å². The summed E-state index contributed by atoms with van der Waals surface area (Å²) in [5.74, 6) is 0.158. The summed E-state index contributed by atoms with van der Waals surface area (Å²) in [4.78, 5) is 12.9. The molecule has 13 atom stereocenters. The summed E-state index contributed by atoms with van der Waals surface area (Å²) in [7, 11) is 0. The molecule has 0 amide bonds. The first-order valence-electron chi connectivity index (χ1n) is 16.6. The molecule has 0 bridgehead atoms. The number of ether oxygens (including phenoxy) is 2. The Morgan fingerprint density at radius 2 is 1.66 bits per heavy atom. The number of esters is 1. The van der Waals surface area contributed by atoms with Gasteiger partial charge in [0.2, 0.25) is 0 Å². The van der Waals surface area contributed by atoms with Gasteiger partial charge in [-0.05, 0) is 111 Å². The van der Waals surface area contributed by atoms with E-state index in [4.69, 9.17) is 15.2 Å². The van der Waals surface area contributed by atoms with E-state index in [2.05, 4.69) is 27.7 Å². The number of hydrogen-bond donors (Lipinski definition) is 4. The van der Waals surface area contributed by atoms with Gasteiger partial charge in [0.25, 0.3) is 0 Å². The van der Waals surface area contributed by atoms with Crippen LogP contribution in [0.15, 0.2) is 0 Å². The van der Waals surface area contributed by atoms with Gasteiger partial charge < -0.3 is 30.5 Å². The van der Waals surface area contributed by atoms with Crippen molar-refractivity contribution in [2.75, 3.05) is 0 Å². The smallest absolute Gasteiger partial charge is 0.323 e. The van der Waals surface area contributed by atoms with Crippen LogP contribution in [0.1, 0.15) is 113 Å². The van der Waals surface area contributed by atoms with Crippen molar-refractivity contribution in [2.45, 2.75) is 155 Å². The average molecular weight is 576 g/mol. The van der Waals surface area contributed by atoms with Gasteiger partial charge in [0.05, 0.1) is 30.0 Å². The van der Waals surface area contributed by atoms with Gasteiger partial charge in [0, 0.05) is 11.3 Å². The fourth-order valence-corrected chi connectivity index (χ4v) is 12.3. The van der Waals surface area contributed by atoms with Crippen molar-refractivity contribution in [3.8, 4) is 0 Å². The minimum Gasteiger partial charge on any atom is -0.461 e. The molecule has 5 N–H and O–H groups in total. The molecule has 1 saturated heterocycles. The first kappa shape index (κ1) is 30.3. The standard InChI is InChI=1S/C34H57NO6/c1-18(2)26(35)28(38)41-23-11-12-34-17-33(34)14-13-31(7)25(21-9-10-24(40-21)30(5,6)39)20(37)16-32(31,8)22(33)15-19(36)27(34)29(23,3)4/h18-27,36-37,39H,9-17,35H2,1-8H3/t19-,20-,21?,22?,23-,24-,25+,26?,27-,31+,32-,33?,34+/m0/s1. The van der Waals surface area contributed by atoms with Gasteiger partial charge in [-0.3, -0.25) is 4.79 Å². The molecule has 234 valence electrons. The predicted octanol–water partition coefficient (Wildman–Crippen LogP) is 4.58. The number of aliphatic hydroxyl groups is 3. The van der Waals surface area contributed by atoms with E-state index in [1.165, 1.54) is 0 Å². The molecule has 41 heavy (non-hydrogen) atoms. The van der Waals surface area contributed by atoms with Crippen molar-refractivity contribution < 1.29 is 29.6 Å². The third-order valence-electron chi connectivity index (χ3n) is 14.5. The topological polar surface area (TPSA) is 122 Å². The summed E-state index contributed by atoms with van der Waals surface area (Å²) in [5, 5.41) is 34.4. The van der Waals surface area contributed by atoms with Crippen LogP contribution in [0.25, 0.3) is 0 Å². The Labute approximate surface area is 247 Å². The zero-order chi connectivity index (χ0) is 30.1. The number of carbonyl (C=O) groups is 1. The van der Waals surface area contributed by atoms with Crippen molar-refractivity contribution in [3.63, 3.8) is 0 Å². The van der Waals surface area contributed by atoms with Crippen molar-refractivity contribution in [3.05, 3.63) is 0 Å². The molecular weight excluding hydrogens is 518 g/mol. The molecule has 1 heterocycles. The van der Waals surface area contributed by atoms with E-state index in [-0.39, 0.29) is 69.1 Å². The molecule has 1 aliphatic heterocycles. The predicted molar refractivity (Wildman–Crippen MR) is 157 cm³/mol. The molecule has 6 fully saturated rings. The van der Waals surface area contributed by atoms with Crippen molar-refractivity contribution in [1.82, 2.24) is 0 Å². The molecule has 4 unspecified atom stereocenters. The highest BCUT2D eigenvalue weighted by Gasteiger charge is 2.84. The third kappa shape index (κ3) is 3.90. The Morgan fingerprint density at radius 1 is 0.976 bits per heavy atom. The van der Waals surface area contributed by atoms with E-state index < -0.39 is 23.9 Å². The number of rotatable bonds is 5. The number of nitrogens with two attached hydrogens (primary N) is 1. The zero-order valence-electron chi connectivity index (χ0n) is 26.8. The lowest BCUT2D eigenvalue weighted by Crippen LogP contribution is -2.62. The van der Waals surface area contributed by atoms with Crippen LogP contribution < -0.4 is 5.73 Å². The molecule has 5 aliphatic carbocycles. The molecule has 2 spiro atoms. The van der Waals surface area contributed by atoms with Crippen molar-refractivity contribution >= 4 is 5.97 Å². The van der Waals surface area contributed by atoms with E-state index in [0.717, 1.165) is 57.8 Å². The molecular formula is C34H57NO6. The molecule has 0 aromatic heterocycles. The van der Waals surface area contributed by atoms with Gasteiger partial charge in [-0.25, -0.2) is 0 Å². The first-order valence-corrected chi connectivity index (χ1v) is 16.6. The summed E-state index contributed by atoms with van der Waals surface area (Å²) in [6, 6.07) is -0.630. The molecule has 0 radical (unpaired) electrons.